The summed E-state index contributed by atoms with van der Waals surface area (Å²) in [6, 6.07) is 12.0. The summed E-state index contributed by atoms with van der Waals surface area (Å²) in [6.45, 7) is 4.08. The second-order valence-corrected chi connectivity index (χ2v) is 9.07. The molecule has 0 saturated carbocycles. The first kappa shape index (κ1) is 19.5. The zero-order valence-electron chi connectivity index (χ0n) is 17.5. The molecular weight excluding hydrogens is 378 g/mol. The van der Waals surface area contributed by atoms with E-state index in [-0.39, 0.29) is 17.6 Å². The normalized spacial score (nSPS) is 24.4. The Bertz CT molecular complexity index is 863. The maximum atomic E-state index is 12.8. The minimum absolute atomic E-state index is 0.0961. The van der Waals surface area contributed by atoms with E-state index < -0.39 is 0 Å². The molecule has 0 radical (unpaired) electrons. The van der Waals surface area contributed by atoms with Crippen LogP contribution in [0.25, 0.3) is 0 Å². The fourth-order valence-electron chi connectivity index (χ4n) is 4.95. The molecule has 30 heavy (non-hydrogen) atoms. The molecular formula is C24H29N3O3. The van der Waals surface area contributed by atoms with Crippen LogP contribution >= 0.6 is 0 Å². The van der Waals surface area contributed by atoms with E-state index in [1.165, 1.54) is 5.56 Å². The third-order valence-corrected chi connectivity index (χ3v) is 6.57. The molecule has 3 aliphatic heterocycles. The largest absolute Gasteiger partial charge is 0.480 e. The van der Waals surface area contributed by atoms with Crippen LogP contribution < -0.4 is 4.74 Å². The van der Waals surface area contributed by atoms with Gasteiger partial charge in [0.1, 0.15) is 11.4 Å². The maximum absolute atomic E-state index is 12.8. The third-order valence-electron chi connectivity index (χ3n) is 6.57. The summed E-state index contributed by atoms with van der Waals surface area (Å²) in [5, 5.41) is 0. The molecule has 1 aromatic heterocycles. The average molecular weight is 408 g/mol. The molecule has 3 aliphatic rings. The Kier molecular flexibility index (Phi) is 5.21. The smallest absolute Gasteiger partial charge is 0.264 e. The number of pyridine rings is 1. The van der Waals surface area contributed by atoms with Gasteiger partial charge in [-0.3, -0.25) is 9.78 Å². The number of rotatable bonds is 5. The highest BCUT2D eigenvalue weighted by molar-refractivity contribution is 5.83. The number of hydrogen-bond donors (Lipinski definition) is 0. The fourth-order valence-corrected chi connectivity index (χ4v) is 4.95. The molecule has 4 heterocycles. The van der Waals surface area contributed by atoms with E-state index in [1.807, 2.05) is 47.6 Å². The van der Waals surface area contributed by atoms with Crippen molar-refractivity contribution in [2.75, 3.05) is 33.3 Å². The standard InChI is InChI=1S/C24H29N3O3/c1-26(13-18-5-4-10-25-12-18)14-19-8-9-24(29-15-19)16-27(17-24)23(28)22-11-20-6-2-3-7-21(20)30-22/h2-7,10,12,19,22H,8-9,11,13-17H2,1H3/t19-,22+/m1/s1. The highest BCUT2D eigenvalue weighted by Gasteiger charge is 2.50. The monoisotopic (exact) mass is 407 g/mol. The van der Waals surface area contributed by atoms with Crippen molar-refractivity contribution in [2.45, 2.75) is 37.5 Å². The van der Waals surface area contributed by atoms with Crippen LogP contribution in [0.5, 0.6) is 5.75 Å². The lowest BCUT2D eigenvalue weighted by molar-refractivity contribution is -0.193. The van der Waals surface area contributed by atoms with Gasteiger partial charge in [-0.15, -0.1) is 0 Å². The van der Waals surface area contributed by atoms with Crippen molar-refractivity contribution in [3.8, 4) is 5.75 Å². The lowest BCUT2D eigenvalue weighted by Crippen LogP contribution is -2.68. The summed E-state index contributed by atoms with van der Waals surface area (Å²) in [4.78, 5) is 21.3. The van der Waals surface area contributed by atoms with Crippen LogP contribution in [-0.2, 0) is 22.5 Å². The van der Waals surface area contributed by atoms with Gasteiger partial charge in [-0.2, -0.15) is 0 Å². The highest BCUT2D eigenvalue weighted by Crippen LogP contribution is 2.38. The molecule has 158 valence electrons. The molecule has 2 aromatic rings. The second-order valence-electron chi connectivity index (χ2n) is 9.07. The molecule has 0 N–H and O–H groups in total. The van der Waals surface area contributed by atoms with Crippen molar-refractivity contribution in [1.29, 1.82) is 0 Å². The number of likely N-dealkylation sites (tertiary alicyclic amines) is 1. The molecule has 0 unspecified atom stereocenters. The molecule has 1 amide bonds. The number of amides is 1. The zero-order valence-corrected chi connectivity index (χ0v) is 17.5. The number of benzene rings is 1. The quantitative estimate of drug-likeness (QED) is 0.762. The Morgan fingerprint density at radius 3 is 2.87 bits per heavy atom. The van der Waals surface area contributed by atoms with Gasteiger partial charge in [-0.05, 0) is 49.1 Å². The van der Waals surface area contributed by atoms with Crippen LogP contribution in [0, 0.1) is 5.92 Å². The predicted molar refractivity (Wildman–Crippen MR) is 113 cm³/mol. The predicted octanol–water partition coefficient (Wildman–Crippen LogP) is 2.52. The van der Waals surface area contributed by atoms with Gasteiger partial charge < -0.3 is 19.3 Å². The zero-order chi connectivity index (χ0) is 20.6. The van der Waals surface area contributed by atoms with Gasteiger partial charge in [0.05, 0.1) is 19.7 Å². The molecule has 1 aromatic carbocycles. The Balaban J connectivity index is 1.07. The summed E-state index contributed by atoms with van der Waals surface area (Å²) in [5.41, 5.74) is 2.22. The number of nitrogens with zero attached hydrogens (tertiary/aromatic N) is 3. The lowest BCUT2D eigenvalue weighted by atomic mass is 9.82. The Labute approximate surface area is 177 Å². The number of ether oxygens (including phenoxy) is 2. The molecule has 6 nitrogen and oxygen atoms in total. The van der Waals surface area contributed by atoms with E-state index >= 15 is 0 Å². The molecule has 2 saturated heterocycles. The lowest BCUT2D eigenvalue weighted by Gasteiger charge is -2.53. The van der Waals surface area contributed by atoms with Gasteiger partial charge in [0.15, 0.2) is 6.10 Å². The Morgan fingerprint density at radius 2 is 2.13 bits per heavy atom. The second kappa shape index (κ2) is 8.00. The number of hydrogen-bond acceptors (Lipinski definition) is 5. The van der Waals surface area contributed by atoms with Crippen LogP contribution in [-0.4, -0.2) is 65.7 Å². The van der Waals surface area contributed by atoms with Crippen LogP contribution in [0.3, 0.4) is 0 Å². The molecule has 0 aliphatic carbocycles. The van der Waals surface area contributed by atoms with Gasteiger partial charge in [0.2, 0.25) is 0 Å². The molecule has 2 fully saturated rings. The third kappa shape index (κ3) is 3.94. The van der Waals surface area contributed by atoms with E-state index in [2.05, 4.69) is 23.0 Å². The average Bonchev–Trinajstić information content (AvgIpc) is 3.17. The van der Waals surface area contributed by atoms with E-state index in [1.54, 1.807) is 0 Å². The number of fused-ring (bicyclic) bond motifs is 1. The molecule has 1 spiro atoms. The van der Waals surface area contributed by atoms with Gasteiger partial charge >= 0.3 is 0 Å². The Morgan fingerprint density at radius 1 is 1.27 bits per heavy atom. The van der Waals surface area contributed by atoms with E-state index in [9.17, 15) is 4.79 Å². The van der Waals surface area contributed by atoms with Crippen molar-refractivity contribution in [3.05, 3.63) is 59.9 Å². The van der Waals surface area contributed by atoms with Crippen molar-refractivity contribution >= 4 is 5.91 Å². The molecule has 5 rings (SSSR count). The van der Waals surface area contributed by atoms with Crippen molar-refractivity contribution in [1.82, 2.24) is 14.8 Å². The van der Waals surface area contributed by atoms with Gasteiger partial charge in [0, 0.05) is 31.9 Å². The van der Waals surface area contributed by atoms with Gasteiger partial charge in [-0.1, -0.05) is 24.3 Å². The van der Waals surface area contributed by atoms with Gasteiger partial charge in [0.25, 0.3) is 5.91 Å². The summed E-state index contributed by atoms with van der Waals surface area (Å²) in [7, 11) is 2.15. The minimum Gasteiger partial charge on any atom is -0.480 e. The first-order chi connectivity index (χ1) is 14.6. The van der Waals surface area contributed by atoms with E-state index in [0.717, 1.165) is 43.9 Å². The SMILES string of the molecule is CN(Cc1cccnc1)C[C@H]1CCC2(CN(C(=O)[C@@H]3Cc4ccccc4O3)C2)OC1. The summed E-state index contributed by atoms with van der Waals surface area (Å²) in [6.07, 6.45) is 6.19. The topological polar surface area (TPSA) is 54.9 Å². The van der Waals surface area contributed by atoms with Crippen LogP contribution in [0.4, 0.5) is 0 Å². The van der Waals surface area contributed by atoms with E-state index in [0.29, 0.717) is 25.4 Å². The Hall–Kier alpha value is -2.44. The number of aromatic nitrogens is 1. The summed E-state index contributed by atoms with van der Waals surface area (Å²) < 4.78 is 12.2. The van der Waals surface area contributed by atoms with Crippen LogP contribution in [0.2, 0.25) is 0 Å². The number of carbonyl (C=O) groups is 1. The maximum Gasteiger partial charge on any atom is 0.264 e. The minimum atomic E-state index is -0.378. The highest BCUT2D eigenvalue weighted by atomic mass is 16.5. The first-order valence-electron chi connectivity index (χ1n) is 10.8. The molecule has 2 atom stereocenters. The van der Waals surface area contributed by atoms with Crippen molar-refractivity contribution < 1.29 is 14.3 Å². The van der Waals surface area contributed by atoms with Crippen molar-refractivity contribution in [3.63, 3.8) is 0 Å². The first-order valence-corrected chi connectivity index (χ1v) is 10.8. The van der Waals surface area contributed by atoms with E-state index in [4.69, 9.17) is 9.47 Å². The molecule has 0 bridgehead atoms. The van der Waals surface area contributed by atoms with Crippen molar-refractivity contribution in [2.24, 2.45) is 5.92 Å². The number of para-hydroxylation sites is 1. The summed E-state index contributed by atoms with van der Waals surface area (Å²) in [5.74, 6) is 1.48. The summed E-state index contributed by atoms with van der Waals surface area (Å²) >= 11 is 0. The van der Waals surface area contributed by atoms with Crippen LogP contribution in [0.15, 0.2) is 48.8 Å². The van der Waals surface area contributed by atoms with Gasteiger partial charge in [-0.25, -0.2) is 0 Å². The number of carbonyl (C=O) groups excluding carboxylic acids is 1. The molecule has 6 heteroatoms. The fraction of sp³-hybridized carbons (Fsp3) is 0.500. The van der Waals surface area contributed by atoms with Crippen LogP contribution in [0.1, 0.15) is 24.0 Å².